The van der Waals surface area contributed by atoms with Crippen LogP contribution in [0.5, 0.6) is 0 Å². The molecule has 0 saturated carbocycles. The number of imide groups is 1. The van der Waals surface area contributed by atoms with Gasteiger partial charge in [0.05, 0.1) is 17.2 Å². The van der Waals surface area contributed by atoms with E-state index < -0.39 is 0 Å². The van der Waals surface area contributed by atoms with Crippen LogP contribution in [-0.4, -0.2) is 58.8 Å². The predicted molar refractivity (Wildman–Crippen MR) is 125 cm³/mol. The fourth-order valence-electron chi connectivity index (χ4n) is 4.01. The molecule has 2 aliphatic rings. The quantitative estimate of drug-likeness (QED) is 0.346. The van der Waals surface area contributed by atoms with E-state index in [9.17, 15) is 19.2 Å². The summed E-state index contributed by atoms with van der Waals surface area (Å²) in [4.78, 5) is 50.7. The molecule has 172 valence electrons. The first-order chi connectivity index (χ1) is 16.0. The van der Waals surface area contributed by atoms with Crippen molar-refractivity contribution in [2.24, 2.45) is 0 Å². The molecule has 2 aromatic carbocycles. The zero-order valence-electron chi connectivity index (χ0n) is 18.2. The number of nitrogens with one attached hydrogen (secondary N) is 1. The molecule has 0 unspecified atom stereocenters. The normalized spacial score (nSPS) is 19.5. The maximum absolute atomic E-state index is 12.4. The maximum Gasteiger partial charge on any atom is 0.306 e. The highest BCUT2D eigenvalue weighted by molar-refractivity contribution is 7.99. The first-order valence-corrected chi connectivity index (χ1v) is 12.3. The third-order valence-electron chi connectivity index (χ3n) is 5.80. The zero-order valence-corrected chi connectivity index (χ0v) is 19.0. The highest BCUT2D eigenvalue weighted by atomic mass is 32.2. The van der Waals surface area contributed by atoms with Gasteiger partial charge in [-0.2, -0.15) is 11.8 Å². The summed E-state index contributed by atoms with van der Waals surface area (Å²) in [6.07, 6.45) is 1.88. The van der Waals surface area contributed by atoms with Gasteiger partial charge in [0.1, 0.15) is 6.10 Å². The molecular weight excluding hydrogens is 440 g/mol. The third kappa shape index (κ3) is 5.45. The van der Waals surface area contributed by atoms with E-state index in [2.05, 4.69) is 5.32 Å². The first kappa shape index (κ1) is 23.0. The minimum absolute atomic E-state index is 0.169. The molecule has 0 radical (unpaired) electrons. The lowest BCUT2D eigenvalue weighted by atomic mass is 10.1. The van der Waals surface area contributed by atoms with Crippen molar-refractivity contribution in [1.82, 2.24) is 10.2 Å². The van der Waals surface area contributed by atoms with E-state index in [0.717, 1.165) is 0 Å². The molecule has 1 saturated heterocycles. The second-order valence-electron chi connectivity index (χ2n) is 8.13. The van der Waals surface area contributed by atoms with E-state index in [0.29, 0.717) is 54.0 Å². The van der Waals surface area contributed by atoms with Crippen molar-refractivity contribution < 1.29 is 23.9 Å². The van der Waals surface area contributed by atoms with E-state index in [-0.39, 0.29) is 42.3 Å². The van der Waals surface area contributed by atoms with E-state index in [1.54, 1.807) is 48.2 Å². The molecule has 0 bridgehead atoms. The molecule has 1 fully saturated rings. The fourth-order valence-corrected chi connectivity index (χ4v) is 5.23. The summed E-state index contributed by atoms with van der Waals surface area (Å²) in [6, 6.07) is 15.6. The lowest BCUT2D eigenvalue weighted by molar-refractivity contribution is -0.148. The second-order valence-corrected chi connectivity index (χ2v) is 9.20. The predicted octanol–water partition coefficient (Wildman–Crippen LogP) is 3.30. The molecule has 33 heavy (non-hydrogen) atoms. The highest BCUT2D eigenvalue weighted by Crippen LogP contribution is 2.24. The molecule has 2 aromatic rings. The van der Waals surface area contributed by atoms with Gasteiger partial charge in [-0.05, 0) is 37.1 Å². The molecule has 0 aliphatic carbocycles. The largest absolute Gasteiger partial charge is 0.459 e. The molecule has 1 N–H and O–H groups in total. The molecule has 3 amide bonds. The number of unbranched alkanes of at least 4 members (excludes halogenated alkanes) is 2. The van der Waals surface area contributed by atoms with Crippen LogP contribution in [0.1, 0.15) is 56.8 Å². The molecule has 7 nitrogen and oxygen atoms in total. The Morgan fingerprint density at radius 2 is 1.58 bits per heavy atom. The summed E-state index contributed by atoms with van der Waals surface area (Å²) in [6.45, 7) is 0.342. The van der Waals surface area contributed by atoms with Crippen molar-refractivity contribution in [3.05, 3.63) is 71.3 Å². The number of ether oxygens (including phenoxy) is 1. The number of amides is 3. The van der Waals surface area contributed by atoms with Gasteiger partial charge < -0.3 is 10.1 Å². The maximum atomic E-state index is 12.4. The van der Waals surface area contributed by atoms with Crippen molar-refractivity contribution in [2.45, 2.75) is 37.8 Å². The lowest BCUT2D eigenvalue weighted by Crippen LogP contribution is -2.44. The number of hydrogen-bond acceptors (Lipinski definition) is 6. The average Bonchev–Trinajstić information content (AvgIpc) is 3.36. The van der Waals surface area contributed by atoms with Crippen molar-refractivity contribution >= 4 is 35.5 Å². The number of carbonyl (C=O) groups excluding carboxylic acids is 4. The van der Waals surface area contributed by atoms with Crippen LogP contribution < -0.4 is 5.32 Å². The number of nitrogens with zero attached hydrogens (tertiary/aromatic N) is 1. The molecule has 0 aromatic heterocycles. The van der Waals surface area contributed by atoms with Gasteiger partial charge in [-0.3, -0.25) is 24.1 Å². The number of benzene rings is 2. The summed E-state index contributed by atoms with van der Waals surface area (Å²) in [7, 11) is 0. The third-order valence-corrected chi connectivity index (χ3v) is 6.96. The monoisotopic (exact) mass is 466 g/mol. The number of rotatable bonds is 9. The molecular formula is C25H26N2O5S. The van der Waals surface area contributed by atoms with Gasteiger partial charge in [0.25, 0.3) is 17.7 Å². The Kier molecular flexibility index (Phi) is 7.44. The summed E-state index contributed by atoms with van der Waals surface area (Å²) in [5, 5.41) is 2.97. The topological polar surface area (TPSA) is 92.8 Å². The van der Waals surface area contributed by atoms with Crippen molar-refractivity contribution in [2.75, 3.05) is 18.1 Å². The van der Waals surface area contributed by atoms with Gasteiger partial charge in [0, 0.05) is 30.0 Å². The Morgan fingerprint density at radius 1 is 0.909 bits per heavy atom. The summed E-state index contributed by atoms with van der Waals surface area (Å²) in [5.41, 5.74) is 1.49. The van der Waals surface area contributed by atoms with Gasteiger partial charge in [-0.1, -0.05) is 36.8 Å². The van der Waals surface area contributed by atoms with E-state index in [4.69, 9.17) is 4.74 Å². The number of carbonyl (C=O) groups is 4. The van der Waals surface area contributed by atoms with Gasteiger partial charge in [0.15, 0.2) is 0 Å². The number of hydrogen-bond donors (Lipinski definition) is 1. The molecule has 4 rings (SSSR count). The Hall–Kier alpha value is -3.13. The molecule has 2 aliphatic heterocycles. The Labute approximate surface area is 196 Å². The Balaban J connectivity index is 1.16. The van der Waals surface area contributed by atoms with E-state index in [1.807, 2.05) is 18.2 Å². The van der Waals surface area contributed by atoms with Crippen LogP contribution >= 0.6 is 11.8 Å². The minimum atomic E-state index is -0.339. The van der Waals surface area contributed by atoms with Gasteiger partial charge in [-0.25, -0.2) is 0 Å². The number of esters is 1. The standard InChI is InChI=1S/C25H26N2O5S/c28-22(32-21-16-33-15-20(21)26-23(29)17-9-3-1-4-10-17)13-5-2-8-14-27-24(30)18-11-6-7-12-19(18)25(27)31/h1,3-4,6-7,9-12,20-21H,2,5,8,13-16H2,(H,26,29)/t20-,21-/m0/s1. The number of thioether (sulfide) groups is 1. The van der Waals surface area contributed by atoms with Crippen LogP contribution in [0.15, 0.2) is 54.6 Å². The average molecular weight is 467 g/mol. The molecule has 2 atom stereocenters. The van der Waals surface area contributed by atoms with Crippen molar-refractivity contribution in [3.8, 4) is 0 Å². The van der Waals surface area contributed by atoms with Crippen LogP contribution in [0.4, 0.5) is 0 Å². The van der Waals surface area contributed by atoms with Crippen molar-refractivity contribution in [3.63, 3.8) is 0 Å². The summed E-state index contributed by atoms with van der Waals surface area (Å²) in [5.74, 6) is 0.399. The smallest absolute Gasteiger partial charge is 0.306 e. The second kappa shape index (κ2) is 10.7. The number of fused-ring (bicyclic) bond motifs is 1. The summed E-state index contributed by atoms with van der Waals surface area (Å²) >= 11 is 1.65. The van der Waals surface area contributed by atoms with E-state index >= 15 is 0 Å². The van der Waals surface area contributed by atoms with E-state index in [1.165, 1.54) is 4.90 Å². The zero-order chi connectivity index (χ0) is 23.2. The minimum Gasteiger partial charge on any atom is -0.459 e. The fraction of sp³-hybridized carbons (Fsp3) is 0.360. The van der Waals surface area contributed by atoms with Crippen molar-refractivity contribution in [1.29, 1.82) is 0 Å². The molecule has 2 heterocycles. The van der Waals surface area contributed by atoms with Crippen LogP contribution in [0.3, 0.4) is 0 Å². The SMILES string of the molecule is O=C(CCCCCN1C(=O)c2ccccc2C1=O)O[C@H]1CSC[C@@H]1NC(=O)c1ccccc1. The molecule has 0 spiro atoms. The van der Waals surface area contributed by atoms with Crippen LogP contribution in [0.25, 0.3) is 0 Å². The van der Waals surface area contributed by atoms with Gasteiger partial charge in [0.2, 0.25) is 0 Å². The molecule has 8 heteroatoms. The lowest BCUT2D eigenvalue weighted by Gasteiger charge is -2.20. The highest BCUT2D eigenvalue weighted by Gasteiger charge is 2.35. The Morgan fingerprint density at radius 3 is 2.27 bits per heavy atom. The van der Waals surface area contributed by atoms with Gasteiger partial charge >= 0.3 is 5.97 Å². The first-order valence-electron chi connectivity index (χ1n) is 11.1. The van der Waals surface area contributed by atoms with Gasteiger partial charge in [-0.15, -0.1) is 0 Å². The Bertz CT molecular complexity index is 1010. The summed E-state index contributed by atoms with van der Waals surface area (Å²) < 4.78 is 5.62. The van der Waals surface area contributed by atoms with Crippen LogP contribution in [0, 0.1) is 0 Å². The van der Waals surface area contributed by atoms with Crippen LogP contribution in [-0.2, 0) is 9.53 Å². The van der Waals surface area contributed by atoms with Crippen LogP contribution in [0.2, 0.25) is 0 Å².